The first kappa shape index (κ1) is 21.7. The first-order valence-corrected chi connectivity index (χ1v) is 10.2. The Morgan fingerprint density at radius 3 is 2.50 bits per heavy atom. The van der Waals surface area contributed by atoms with Crippen LogP contribution >= 0.6 is 0 Å². The van der Waals surface area contributed by atoms with Crippen LogP contribution in [-0.2, 0) is 27.3 Å². The summed E-state index contributed by atoms with van der Waals surface area (Å²) in [5.74, 6) is 0.337. The van der Waals surface area contributed by atoms with Crippen molar-refractivity contribution in [3.05, 3.63) is 59.7 Å². The summed E-state index contributed by atoms with van der Waals surface area (Å²) in [7, 11) is 0. The fourth-order valence-electron chi connectivity index (χ4n) is 3.44. The van der Waals surface area contributed by atoms with Gasteiger partial charge in [-0.05, 0) is 39.3 Å². The third kappa shape index (κ3) is 5.53. The molecule has 0 unspecified atom stereocenters. The Labute approximate surface area is 177 Å². The molecule has 2 aromatic carbocycles. The lowest BCUT2D eigenvalue weighted by molar-refractivity contribution is -0.154. The highest BCUT2D eigenvalue weighted by Crippen LogP contribution is 2.41. The van der Waals surface area contributed by atoms with E-state index in [4.69, 9.17) is 14.2 Å². The van der Waals surface area contributed by atoms with E-state index in [2.05, 4.69) is 0 Å². The van der Waals surface area contributed by atoms with Crippen LogP contribution in [0, 0.1) is 0 Å². The zero-order valence-electron chi connectivity index (χ0n) is 18.0. The van der Waals surface area contributed by atoms with Crippen molar-refractivity contribution >= 4 is 11.9 Å². The van der Waals surface area contributed by atoms with Gasteiger partial charge in [0.25, 0.3) is 5.91 Å². The number of esters is 1. The lowest BCUT2D eigenvalue weighted by Gasteiger charge is -2.26. The van der Waals surface area contributed by atoms with E-state index >= 15 is 0 Å². The summed E-state index contributed by atoms with van der Waals surface area (Å²) in [5, 5.41) is 0. The average Bonchev–Trinajstić information content (AvgIpc) is 3.03. The molecule has 0 saturated heterocycles. The van der Waals surface area contributed by atoms with E-state index < -0.39 is 5.97 Å². The van der Waals surface area contributed by atoms with Crippen LogP contribution in [0.15, 0.2) is 48.5 Å². The maximum atomic E-state index is 12.6. The van der Waals surface area contributed by atoms with E-state index in [1.54, 1.807) is 11.0 Å². The molecule has 1 aliphatic rings. The van der Waals surface area contributed by atoms with E-state index in [0.29, 0.717) is 18.0 Å². The third-order valence-electron chi connectivity index (χ3n) is 4.90. The lowest BCUT2D eigenvalue weighted by Crippen LogP contribution is -2.39. The Morgan fingerprint density at radius 2 is 1.80 bits per heavy atom. The molecule has 0 fully saturated rings. The fraction of sp³-hybridized carbons (Fsp3) is 0.417. The minimum absolute atomic E-state index is 0.0138. The van der Waals surface area contributed by atoms with Gasteiger partial charge in [-0.2, -0.15) is 0 Å². The molecule has 30 heavy (non-hydrogen) atoms. The summed E-state index contributed by atoms with van der Waals surface area (Å²) < 4.78 is 16.7. The van der Waals surface area contributed by atoms with Gasteiger partial charge < -0.3 is 19.1 Å². The molecule has 0 atom stereocenters. The lowest BCUT2D eigenvalue weighted by atomic mass is 10.0. The normalized spacial score (nSPS) is 14.0. The maximum absolute atomic E-state index is 12.6. The number of hydrogen-bond donors (Lipinski definition) is 0. The second kappa shape index (κ2) is 9.20. The van der Waals surface area contributed by atoms with E-state index in [9.17, 15) is 9.59 Å². The average molecular weight is 411 g/mol. The minimum atomic E-state index is -0.596. The van der Waals surface area contributed by atoms with Crippen LogP contribution in [0.4, 0.5) is 0 Å². The highest BCUT2D eigenvalue weighted by Gasteiger charge is 2.32. The third-order valence-corrected chi connectivity index (χ3v) is 4.90. The van der Waals surface area contributed by atoms with Crippen molar-refractivity contribution in [3.8, 4) is 11.5 Å². The first-order valence-electron chi connectivity index (χ1n) is 10.2. The van der Waals surface area contributed by atoms with Gasteiger partial charge in [0.15, 0.2) is 24.7 Å². The maximum Gasteiger partial charge on any atom is 0.344 e. The number of amides is 1. The van der Waals surface area contributed by atoms with Gasteiger partial charge in [0.05, 0.1) is 0 Å². The number of hydrogen-bond acceptors (Lipinski definition) is 5. The fourth-order valence-corrected chi connectivity index (χ4v) is 3.44. The molecule has 2 aromatic rings. The topological polar surface area (TPSA) is 65.1 Å². The molecule has 1 amide bonds. The molecule has 1 heterocycles. The molecule has 0 saturated carbocycles. The summed E-state index contributed by atoms with van der Waals surface area (Å²) in [6.07, 6.45) is 0.783. The van der Waals surface area contributed by atoms with Crippen molar-refractivity contribution in [2.24, 2.45) is 0 Å². The molecule has 0 bridgehead atoms. The second-order valence-electron chi connectivity index (χ2n) is 8.33. The van der Waals surface area contributed by atoms with Crippen molar-refractivity contribution in [1.82, 2.24) is 4.90 Å². The van der Waals surface area contributed by atoms with Crippen molar-refractivity contribution < 1.29 is 23.8 Å². The summed E-state index contributed by atoms with van der Waals surface area (Å²) in [6, 6.07) is 15.3. The summed E-state index contributed by atoms with van der Waals surface area (Å²) in [5.41, 5.74) is 1.78. The Kier molecular flexibility index (Phi) is 6.65. The predicted molar refractivity (Wildman–Crippen MR) is 113 cm³/mol. The van der Waals surface area contributed by atoms with Crippen LogP contribution < -0.4 is 9.47 Å². The van der Waals surface area contributed by atoms with Gasteiger partial charge in [0, 0.05) is 24.6 Å². The Morgan fingerprint density at radius 1 is 1.07 bits per heavy atom. The second-order valence-corrected chi connectivity index (χ2v) is 8.33. The quantitative estimate of drug-likeness (QED) is 0.619. The van der Waals surface area contributed by atoms with Gasteiger partial charge in [-0.3, -0.25) is 4.79 Å². The van der Waals surface area contributed by atoms with Crippen LogP contribution in [0.5, 0.6) is 11.5 Å². The SMILES string of the molecule is CC(C)N(Cc1ccccc1)C(=O)COC(=O)COc1cccc2c1OC(C)(C)C2. The van der Waals surface area contributed by atoms with E-state index in [1.807, 2.05) is 70.2 Å². The summed E-state index contributed by atoms with van der Waals surface area (Å²) in [6.45, 7) is 7.75. The highest BCUT2D eigenvalue weighted by atomic mass is 16.6. The van der Waals surface area contributed by atoms with Crippen LogP contribution in [-0.4, -0.2) is 41.6 Å². The number of para-hydroxylation sites is 1. The molecule has 1 aliphatic heterocycles. The van der Waals surface area contributed by atoms with Crippen molar-refractivity contribution in [1.29, 1.82) is 0 Å². The van der Waals surface area contributed by atoms with Crippen molar-refractivity contribution in [2.45, 2.75) is 52.3 Å². The number of carbonyl (C=O) groups is 2. The molecule has 0 aliphatic carbocycles. The van der Waals surface area contributed by atoms with Crippen LogP contribution in [0.1, 0.15) is 38.8 Å². The van der Waals surface area contributed by atoms with E-state index in [0.717, 1.165) is 17.5 Å². The molecule has 3 rings (SSSR count). The molecule has 6 nitrogen and oxygen atoms in total. The molecule has 6 heteroatoms. The highest BCUT2D eigenvalue weighted by molar-refractivity contribution is 5.81. The standard InChI is InChI=1S/C24H29NO5/c1-17(2)25(14-18-9-6-5-7-10-18)21(26)15-29-22(27)16-28-20-12-8-11-19-13-24(3,4)30-23(19)20/h5-12,17H,13-16H2,1-4H3. The number of fused-ring (bicyclic) bond motifs is 1. The number of benzene rings is 2. The van der Waals surface area contributed by atoms with E-state index in [1.165, 1.54) is 0 Å². The van der Waals surface area contributed by atoms with Crippen molar-refractivity contribution in [3.63, 3.8) is 0 Å². The van der Waals surface area contributed by atoms with Crippen molar-refractivity contribution in [2.75, 3.05) is 13.2 Å². The zero-order chi connectivity index (χ0) is 21.7. The zero-order valence-corrected chi connectivity index (χ0v) is 18.0. The predicted octanol–water partition coefficient (Wildman–Crippen LogP) is 3.76. The first-order chi connectivity index (χ1) is 14.2. The van der Waals surface area contributed by atoms with Gasteiger partial charge in [-0.15, -0.1) is 0 Å². The minimum Gasteiger partial charge on any atom is -0.483 e. The Hall–Kier alpha value is -3.02. The summed E-state index contributed by atoms with van der Waals surface area (Å²) >= 11 is 0. The number of ether oxygens (including phenoxy) is 3. The molecule has 0 spiro atoms. The Bertz CT molecular complexity index is 892. The smallest absolute Gasteiger partial charge is 0.344 e. The summed E-state index contributed by atoms with van der Waals surface area (Å²) in [4.78, 5) is 26.4. The molecule has 160 valence electrons. The monoisotopic (exact) mass is 411 g/mol. The van der Waals surface area contributed by atoms with Crippen LogP contribution in [0.25, 0.3) is 0 Å². The van der Waals surface area contributed by atoms with Gasteiger partial charge in [0.1, 0.15) is 5.60 Å². The number of carbonyl (C=O) groups excluding carboxylic acids is 2. The van der Waals surface area contributed by atoms with Crippen LogP contribution in [0.2, 0.25) is 0 Å². The molecular formula is C24H29NO5. The molecule has 0 aromatic heterocycles. The molecular weight excluding hydrogens is 382 g/mol. The van der Waals surface area contributed by atoms with Gasteiger partial charge in [-0.1, -0.05) is 42.5 Å². The number of rotatable bonds is 8. The number of nitrogens with zero attached hydrogens (tertiary/aromatic N) is 1. The van der Waals surface area contributed by atoms with Crippen LogP contribution in [0.3, 0.4) is 0 Å². The van der Waals surface area contributed by atoms with Gasteiger partial charge >= 0.3 is 5.97 Å². The largest absolute Gasteiger partial charge is 0.483 e. The van der Waals surface area contributed by atoms with Gasteiger partial charge in [-0.25, -0.2) is 4.79 Å². The molecule has 0 N–H and O–H groups in total. The molecule has 0 radical (unpaired) electrons. The Balaban J connectivity index is 1.51. The van der Waals surface area contributed by atoms with Gasteiger partial charge in [0.2, 0.25) is 0 Å². The van der Waals surface area contributed by atoms with E-state index in [-0.39, 0.29) is 30.8 Å².